The van der Waals surface area contributed by atoms with E-state index in [4.69, 9.17) is 24.7 Å². The van der Waals surface area contributed by atoms with Crippen LogP contribution in [0.1, 0.15) is 33.0 Å². The quantitative estimate of drug-likeness (QED) is 0.173. The number of nitrogens with zero attached hydrogens (tertiary/aromatic N) is 1. The number of hydrogen-bond donors (Lipinski definition) is 1. The molecule has 0 saturated heterocycles. The van der Waals surface area contributed by atoms with Crippen molar-refractivity contribution >= 4 is 16.7 Å². The van der Waals surface area contributed by atoms with Crippen LogP contribution < -0.4 is 24.7 Å². The van der Waals surface area contributed by atoms with E-state index in [1.807, 2.05) is 84.9 Å². The third kappa shape index (κ3) is 5.09. The molecule has 0 aliphatic carbocycles. The fraction of sp³-hybridized carbons (Fsp3) is 0.0857. The summed E-state index contributed by atoms with van der Waals surface area (Å²) in [5.41, 5.74) is 9.44. The molecular weight excluding hydrogens is 528 g/mol. The van der Waals surface area contributed by atoms with Crippen LogP contribution in [0.15, 0.2) is 121 Å². The van der Waals surface area contributed by atoms with Gasteiger partial charge in [-0.2, -0.15) is 5.26 Å². The van der Waals surface area contributed by atoms with E-state index in [1.165, 1.54) is 0 Å². The second-order valence-electron chi connectivity index (χ2n) is 9.73. The molecule has 7 heteroatoms. The number of rotatable bonds is 7. The van der Waals surface area contributed by atoms with Gasteiger partial charge < -0.3 is 24.7 Å². The van der Waals surface area contributed by atoms with Gasteiger partial charge in [0.05, 0.1) is 18.6 Å². The van der Waals surface area contributed by atoms with Crippen LogP contribution in [0.5, 0.6) is 23.0 Å². The van der Waals surface area contributed by atoms with Gasteiger partial charge in [0.2, 0.25) is 5.88 Å². The maximum atomic E-state index is 13.1. The molecule has 0 spiro atoms. The third-order valence-electron chi connectivity index (χ3n) is 7.17. The molecule has 1 heterocycles. The molecule has 0 aromatic heterocycles. The van der Waals surface area contributed by atoms with Crippen molar-refractivity contribution in [3.63, 3.8) is 0 Å². The average Bonchev–Trinajstić information content (AvgIpc) is 3.03. The molecule has 7 nitrogen and oxygen atoms in total. The van der Waals surface area contributed by atoms with Crippen LogP contribution in [0.25, 0.3) is 10.8 Å². The third-order valence-corrected chi connectivity index (χ3v) is 7.17. The van der Waals surface area contributed by atoms with Crippen molar-refractivity contribution < 1.29 is 23.7 Å². The van der Waals surface area contributed by atoms with E-state index in [0.29, 0.717) is 40.7 Å². The van der Waals surface area contributed by atoms with E-state index < -0.39 is 11.9 Å². The second kappa shape index (κ2) is 11.4. The Bertz CT molecular complexity index is 1870. The Hall–Kier alpha value is -5.74. The van der Waals surface area contributed by atoms with Crippen LogP contribution in [-0.2, 0) is 6.61 Å². The minimum absolute atomic E-state index is 0.0177. The van der Waals surface area contributed by atoms with Crippen molar-refractivity contribution in [1.82, 2.24) is 0 Å². The Morgan fingerprint density at radius 3 is 2.50 bits per heavy atom. The van der Waals surface area contributed by atoms with E-state index in [-0.39, 0.29) is 11.5 Å². The summed E-state index contributed by atoms with van der Waals surface area (Å²) in [6.07, 6.45) is 0. The van der Waals surface area contributed by atoms with E-state index >= 15 is 0 Å². The van der Waals surface area contributed by atoms with Crippen LogP contribution in [0.2, 0.25) is 0 Å². The largest absolute Gasteiger partial charge is 0.493 e. The molecule has 1 unspecified atom stereocenters. The zero-order valence-corrected chi connectivity index (χ0v) is 22.7. The zero-order chi connectivity index (χ0) is 29.1. The predicted octanol–water partition coefficient (Wildman–Crippen LogP) is 6.86. The lowest BCUT2D eigenvalue weighted by Crippen LogP contribution is -2.21. The van der Waals surface area contributed by atoms with E-state index in [0.717, 1.165) is 21.9 Å². The monoisotopic (exact) mass is 554 g/mol. The van der Waals surface area contributed by atoms with Crippen LogP contribution in [0, 0.1) is 11.3 Å². The molecule has 42 heavy (non-hydrogen) atoms. The highest BCUT2D eigenvalue weighted by Crippen LogP contribution is 2.45. The standard InChI is InChI=1S/C35H26N2O5/c1-39-32-18-24(14-17-30(32)40-21-22-8-3-2-4-9-22)33-28-16-15-25(19-31(28)42-34(37)29(33)20-36)41-35(38)27-13-7-11-23-10-5-6-12-26(23)27/h2-19,33H,21,37H2,1H3. The summed E-state index contributed by atoms with van der Waals surface area (Å²) < 4.78 is 23.2. The van der Waals surface area contributed by atoms with E-state index in [9.17, 15) is 10.1 Å². The fourth-order valence-electron chi connectivity index (χ4n) is 5.13. The number of hydrogen-bond acceptors (Lipinski definition) is 7. The minimum atomic E-state index is -0.529. The summed E-state index contributed by atoms with van der Waals surface area (Å²) in [6.45, 7) is 0.382. The minimum Gasteiger partial charge on any atom is -0.493 e. The first-order chi connectivity index (χ1) is 20.6. The van der Waals surface area contributed by atoms with Gasteiger partial charge in [0.15, 0.2) is 11.5 Å². The normalized spacial score (nSPS) is 14.0. The van der Waals surface area contributed by atoms with Gasteiger partial charge in [-0.15, -0.1) is 0 Å². The number of benzene rings is 5. The Morgan fingerprint density at radius 2 is 1.69 bits per heavy atom. The van der Waals surface area contributed by atoms with Gasteiger partial charge in [-0.05, 0) is 46.2 Å². The number of esters is 1. The molecule has 1 aliphatic rings. The summed E-state index contributed by atoms with van der Waals surface area (Å²) >= 11 is 0. The summed E-state index contributed by atoms with van der Waals surface area (Å²) in [7, 11) is 1.57. The first-order valence-corrected chi connectivity index (χ1v) is 13.3. The molecule has 6 rings (SSSR count). The predicted molar refractivity (Wildman–Crippen MR) is 158 cm³/mol. The maximum Gasteiger partial charge on any atom is 0.344 e. The summed E-state index contributed by atoms with van der Waals surface area (Å²) in [5, 5.41) is 11.7. The van der Waals surface area contributed by atoms with Gasteiger partial charge in [-0.25, -0.2) is 4.79 Å². The molecule has 5 aromatic rings. The van der Waals surface area contributed by atoms with Crippen LogP contribution >= 0.6 is 0 Å². The zero-order valence-electron chi connectivity index (χ0n) is 22.7. The van der Waals surface area contributed by atoms with Crippen LogP contribution in [0.4, 0.5) is 0 Å². The molecule has 0 radical (unpaired) electrons. The number of nitrogens with two attached hydrogens (primary N) is 1. The fourth-order valence-corrected chi connectivity index (χ4v) is 5.13. The van der Waals surface area contributed by atoms with Crippen molar-refractivity contribution in [3.8, 4) is 29.1 Å². The Labute approximate surface area is 242 Å². The number of allylic oxidation sites excluding steroid dienone is 1. The van der Waals surface area contributed by atoms with Crippen LogP contribution in [-0.4, -0.2) is 13.1 Å². The highest BCUT2D eigenvalue weighted by Gasteiger charge is 2.32. The van der Waals surface area contributed by atoms with Gasteiger partial charge in [0.25, 0.3) is 0 Å². The molecule has 0 bridgehead atoms. The number of methoxy groups -OCH3 is 1. The Morgan fingerprint density at radius 1 is 0.905 bits per heavy atom. The molecule has 1 aliphatic heterocycles. The molecule has 2 N–H and O–H groups in total. The molecule has 5 aromatic carbocycles. The molecule has 0 amide bonds. The van der Waals surface area contributed by atoms with Crippen molar-refractivity contribution in [3.05, 3.63) is 143 Å². The topological polar surface area (TPSA) is 104 Å². The highest BCUT2D eigenvalue weighted by molar-refractivity contribution is 6.05. The average molecular weight is 555 g/mol. The van der Waals surface area contributed by atoms with E-state index in [2.05, 4.69) is 6.07 Å². The first kappa shape index (κ1) is 26.5. The number of carbonyl (C=O) groups excluding carboxylic acids is 1. The lowest BCUT2D eigenvalue weighted by atomic mass is 9.83. The summed E-state index contributed by atoms with van der Waals surface area (Å²) in [4.78, 5) is 13.1. The summed E-state index contributed by atoms with van der Waals surface area (Å²) in [6, 6.07) is 35.8. The molecule has 0 saturated carbocycles. The number of carbonyl (C=O) groups is 1. The lowest BCUT2D eigenvalue weighted by Gasteiger charge is -2.27. The number of ether oxygens (including phenoxy) is 4. The molecule has 0 fully saturated rings. The van der Waals surface area contributed by atoms with Gasteiger partial charge >= 0.3 is 5.97 Å². The molecule has 206 valence electrons. The van der Waals surface area contributed by atoms with Crippen molar-refractivity contribution in [1.29, 1.82) is 5.26 Å². The SMILES string of the molecule is COc1cc(C2C(C#N)=C(N)Oc3cc(OC(=O)c4cccc5ccccc45)ccc32)ccc1OCc1ccccc1. The van der Waals surface area contributed by atoms with Crippen molar-refractivity contribution in [2.24, 2.45) is 5.73 Å². The highest BCUT2D eigenvalue weighted by atomic mass is 16.5. The summed E-state index contributed by atoms with van der Waals surface area (Å²) in [5.74, 6) is 0.742. The first-order valence-electron chi connectivity index (χ1n) is 13.3. The van der Waals surface area contributed by atoms with Crippen LogP contribution in [0.3, 0.4) is 0 Å². The molecular formula is C35H26N2O5. The lowest BCUT2D eigenvalue weighted by molar-refractivity contribution is 0.0736. The van der Waals surface area contributed by atoms with E-state index in [1.54, 1.807) is 31.4 Å². The molecule has 1 atom stereocenters. The van der Waals surface area contributed by atoms with Gasteiger partial charge in [0.1, 0.15) is 29.7 Å². The van der Waals surface area contributed by atoms with Gasteiger partial charge in [-0.3, -0.25) is 0 Å². The van der Waals surface area contributed by atoms with Crippen molar-refractivity contribution in [2.75, 3.05) is 7.11 Å². The Balaban J connectivity index is 1.30. The Kier molecular flexibility index (Phi) is 7.19. The van der Waals surface area contributed by atoms with Crippen molar-refractivity contribution in [2.45, 2.75) is 12.5 Å². The second-order valence-corrected chi connectivity index (χ2v) is 9.73. The smallest absolute Gasteiger partial charge is 0.344 e. The number of nitriles is 1. The van der Waals surface area contributed by atoms with Gasteiger partial charge in [-0.1, -0.05) is 78.9 Å². The number of fused-ring (bicyclic) bond motifs is 2. The maximum absolute atomic E-state index is 13.1. The van der Waals surface area contributed by atoms with Gasteiger partial charge in [0, 0.05) is 11.6 Å².